The fourth-order valence-electron chi connectivity index (χ4n) is 4.35. The number of rotatable bonds is 5. The predicted molar refractivity (Wildman–Crippen MR) is 94.4 cm³/mol. The number of halogens is 1. The summed E-state index contributed by atoms with van der Waals surface area (Å²) in [6, 6.07) is 9.89. The fraction of sp³-hybridized carbons (Fsp3) is 0.684. The molecule has 3 rings (SSSR count). The van der Waals surface area contributed by atoms with Gasteiger partial charge in [0.1, 0.15) is 0 Å². The number of hydrogen-bond donors (Lipinski definition) is 1. The van der Waals surface area contributed by atoms with Gasteiger partial charge in [-0.05, 0) is 69.3 Å². The largest absolute Gasteiger partial charge is 0.312 e. The maximum atomic E-state index is 6.14. The summed E-state index contributed by atoms with van der Waals surface area (Å²) in [5.74, 6) is 0.803. The molecule has 0 saturated heterocycles. The first-order chi connectivity index (χ1) is 10.6. The molecule has 1 aromatic rings. The van der Waals surface area contributed by atoms with E-state index < -0.39 is 0 Å². The quantitative estimate of drug-likeness (QED) is 0.863. The van der Waals surface area contributed by atoms with Gasteiger partial charge >= 0.3 is 0 Å². The number of benzene rings is 1. The highest BCUT2D eigenvalue weighted by molar-refractivity contribution is 6.30. The van der Waals surface area contributed by atoms with Crippen LogP contribution in [-0.2, 0) is 5.54 Å². The van der Waals surface area contributed by atoms with Crippen LogP contribution in [0.4, 0.5) is 0 Å². The Balaban J connectivity index is 2.02. The van der Waals surface area contributed by atoms with E-state index in [1.807, 2.05) is 0 Å². The first kappa shape index (κ1) is 16.3. The monoisotopic (exact) mass is 320 g/mol. The van der Waals surface area contributed by atoms with Crippen LogP contribution in [0.15, 0.2) is 24.3 Å². The Morgan fingerprint density at radius 1 is 1.23 bits per heavy atom. The summed E-state index contributed by atoms with van der Waals surface area (Å²) in [4.78, 5) is 2.68. The molecule has 22 heavy (non-hydrogen) atoms. The first-order valence-electron chi connectivity index (χ1n) is 8.80. The van der Waals surface area contributed by atoms with Gasteiger partial charge in [-0.3, -0.25) is 4.90 Å². The molecule has 0 amide bonds. The molecule has 3 unspecified atom stereocenters. The van der Waals surface area contributed by atoms with Gasteiger partial charge in [0.25, 0.3) is 0 Å². The molecule has 3 heteroatoms. The van der Waals surface area contributed by atoms with Crippen molar-refractivity contribution in [3.63, 3.8) is 0 Å². The molecule has 2 aliphatic carbocycles. The molecule has 122 valence electrons. The average Bonchev–Trinajstić information content (AvgIpc) is 3.33. The van der Waals surface area contributed by atoms with E-state index >= 15 is 0 Å². The van der Waals surface area contributed by atoms with Crippen LogP contribution in [0.3, 0.4) is 0 Å². The van der Waals surface area contributed by atoms with Gasteiger partial charge in [0.05, 0.1) is 5.54 Å². The average molecular weight is 321 g/mol. The Hall–Kier alpha value is -0.570. The molecule has 2 fully saturated rings. The van der Waals surface area contributed by atoms with Crippen LogP contribution in [0.25, 0.3) is 0 Å². The minimum absolute atomic E-state index is 0.119. The Bertz CT molecular complexity index is 497. The summed E-state index contributed by atoms with van der Waals surface area (Å²) >= 11 is 6.14. The lowest BCUT2D eigenvalue weighted by Crippen LogP contribution is -2.60. The van der Waals surface area contributed by atoms with Crippen LogP contribution in [0.1, 0.15) is 51.5 Å². The van der Waals surface area contributed by atoms with Crippen molar-refractivity contribution < 1.29 is 0 Å². The summed E-state index contributed by atoms with van der Waals surface area (Å²) in [6.07, 6.45) is 6.50. The first-order valence-corrected chi connectivity index (χ1v) is 9.18. The van der Waals surface area contributed by atoms with Crippen molar-refractivity contribution in [2.24, 2.45) is 5.92 Å². The Morgan fingerprint density at radius 3 is 2.50 bits per heavy atom. The van der Waals surface area contributed by atoms with Crippen LogP contribution in [0.2, 0.25) is 5.02 Å². The highest BCUT2D eigenvalue weighted by Gasteiger charge is 2.50. The summed E-state index contributed by atoms with van der Waals surface area (Å²) < 4.78 is 0. The van der Waals surface area contributed by atoms with E-state index in [-0.39, 0.29) is 5.54 Å². The van der Waals surface area contributed by atoms with Gasteiger partial charge in [-0.1, -0.05) is 37.6 Å². The highest BCUT2D eigenvalue weighted by Crippen LogP contribution is 2.47. The van der Waals surface area contributed by atoms with E-state index in [1.165, 1.54) is 37.7 Å². The molecular formula is C19H29ClN2. The highest BCUT2D eigenvalue weighted by atomic mass is 35.5. The summed E-state index contributed by atoms with van der Waals surface area (Å²) in [5.41, 5.74) is 1.55. The molecule has 3 atom stereocenters. The molecule has 2 saturated carbocycles. The molecule has 1 N–H and O–H groups in total. The molecule has 0 aromatic heterocycles. The van der Waals surface area contributed by atoms with Crippen LogP contribution >= 0.6 is 11.6 Å². The van der Waals surface area contributed by atoms with Crippen LogP contribution in [-0.4, -0.2) is 30.6 Å². The number of nitrogens with one attached hydrogen (secondary N) is 1. The summed E-state index contributed by atoms with van der Waals surface area (Å²) in [6.45, 7) is 5.65. The SMILES string of the molecule is CCNC1CC(C)CCC1(c1ccc(Cl)cc1)N(C)C1CC1. The van der Waals surface area contributed by atoms with Crippen LogP contribution in [0.5, 0.6) is 0 Å². The van der Waals surface area contributed by atoms with Gasteiger partial charge in [-0.15, -0.1) is 0 Å². The third kappa shape index (κ3) is 2.93. The lowest BCUT2D eigenvalue weighted by Gasteiger charge is -2.52. The summed E-state index contributed by atoms with van der Waals surface area (Å²) in [5, 5.41) is 4.64. The zero-order chi connectivity index (χ0) is 15.7. The third-order valence-corrected chi connectivity index (χ3v) is 6.00. The third-order valence-electron chi connectivity index (χ3n) is 5.75. The predicted octanol–water partition coefficient (Wildman–Crippen LogP) is 4.43. The fourth-order valence-corrected chi connectivity index (χ4v) is 4.48. The van der Waals surface area contributed by atoms with E-state index in [0.29, 0.717) is 6.04 Å². The molecule has 0 heterocycles. The Morgan fingerprint density at radius 2 is 1.91 bits per heavy atom. The number of nitrogens with zero attached hydrogens (tertiary/aromatic N) is 1. The van der Waals surface area contributed by atoms with Crippen molar-refractivity contribution in [1.29, 1.82) is 0 Å². The van der Waals surface area contributed by atoms with Gasteiger partial charge in [0, 0.05) is 17.1 Å². The van der Waals surface area contributed by atoms with Gasteiger partial charge < -0.3 is 5.32 Å². The van der Waals surface area contributed by atoms with E-state index in [9.17, 15) is 0 Å². The van der Waals surface area contributed by atoms with E-state index in [1.54, 1.807) is 0 Å². The minimum atomic E-state index is 0.119. The van der Waals surface area contributed by atoms with Crippen LogP contribution < -0.4 is 5.32 Å². The van der Waals surface area contributed by atoms with Crippen molar-refractivity contribution in [3.05, 3.63) is 34.9 Å². The topological polar surface area (TPSA) is 15.3 Å². The lowest BCUT2D eigenvalue weighted by atomic mass is 9.68. The normalized spacial score (nSPS) is 32.4. The maximum absolute atomic E-state index is 6.14. The van der Waals surface area contributed by atoms with E-state index in [2.05, 4.69) is 55.4 Å². The lowest BCUT2D eigenvalue weighted by molar-refractivity contribution is 0.0161. The van der Waals surface area contributed by atoms with Crippen molar-refractivity contribution in [3.8, 4) is 0 Å². The van der Waals surface area contributed by atoms with Crippen molar-refractivity contribution in [1.82, 2.24) is 10.2 Å². The molecule has 0 aliphatic heterocycles. The van der Waals surface area contributed by atoms with Gasteiger partial charge in [0.2, 0.25) is 0 Å². The van der Waals surface area contributed by atoms with Gasteiger partial charge in [0.15, 0.2) is 0 Å². The van der Waals surface area contributed by atoms with E-state index in [4.69, 9.17) is 11.6 Å². The Labute approximate surface area is 140 Å². The second kappa shape index (κ2) is 6.51. The molecule has 2 nitrogen and oxygen atoms in total. The van der Waals surface area contributed by atoms with Crippen molar-refractivity contribution in [2.75, 3.05) is 13.6 Å². The maximum Gasteiger partial charge on any atom is 0.0615 e. The van der Waals surface area contributed by atoms with Gasteiger partial charge in [-0.25, -0.2) is 0 Å². The standard InChI is InChI=1S/C19H29ClN2/c1-4-21-18-13-14(2)11-12-19(18,22(3)17-9-10-17)15-5-7-16(20)8-6-15/h5-8,14,17-18,21H,4,9-13H2,1-3H3. The summed E-state index contributed by atoms with van der Waals surface area (Å²) in [7, 11) is 2.34. The second-order valence-electron chi connectivity index (χ2n) is 7.26. The minimum Gasteiger partial charge on any atom is -0.312 e. The Kier molecular flexibility index (Phi) is 4.82. The molecule has 0 radical (unpaired) electrons. The van der Waals surface area contributed by atoms with E-state index in [0.717, 1.165) is 23.5 Å². The van der Waals surface area contributed by atoms with Crippen LogP contribution in [0, 0.1) is 5.92 Å². The van der Waals surface area contributed by atoms with Gasteiger partial charge in [-0.2, -0.15) is 0 Å². The van der Waals surface area contributed by atoms with Crippen molar-refractivity contribution in [2.45, 2.75) is 63.6 Å². The molecule has 0 spiro atoms. The zero-order valence-electron chi connectivity index (χ0n) is 14.1. The molecule has 0 bridgehead atoms. The second-order valence-corrected chi connectivity index (χ2v) is 7.70. The smallest absolute Gasteiger partial charge is 0.0615 e. The molecular weight excluding hydrogens is 292 g/mol. The zero-order valence-corrected chi connectivity index (χ0v) is 14.9. The van der Waals surface area contributed by atoms with Crippen molar-refractivity contribution >= 4 is 11.6 Å². The number of hydrogen-bond acceptors (Lipinski definition) is 2. The number of likely N-dealkylation sites (N-methyl/N-ethyl adjacent to an activating group) is 2. The molecule has 2 aliphatic rings. The molecule has 1 aromatic carbocycles.